The van der Waals surface area contributed by atoms with Gasteiger partial charge in [0, 0.05) is 6.54 Å². The monoisotopic (exact) mass is 293 g/mol. The van der Waals surface area contributed by atoms with Gasteiger partial charge in [-0.2, -0.15) is 0 Å². The van der Waals surface area contributed by atoms with Gasteiger partial charge in [0.2, 0.25) is 5.91 Å². The van der Waals surface area contributed by atoms with Crippen LogP contribution in [0.3, 0.4) is 0 Å². The maximum absolute atomic E-state index is 13.4. The third-order valence-electron chi connectivity index (χ3n) is 3.97. The predicted molar refractivity (Wildman–Crippen MR) is 76.9 cm³/mol. The summed E-state index contributed by atoms with van der Waals surface area (Å²) in [4.78, 5) is 23.5. The molecule has 0 unspecified atom stereocenters. The van der Waals surface area contributed by atoms with E-state index in [2.05, 4.69) is 10.6 Å². The van der Waals surface area contributed by atoms with Crippen LogP contribution in [0.1, 0.15) is 36.8 Å². The zero-order chi connectivity index (χ0) is 15.5. The molecule has 0 radical (unpaired) electrons. The van der Waals surface area contributed by atoms with Gasteiger partial charge in [0.05, 0.1) is 0 Å². The molecule has 5 nitrogen and oxygen atoms in total. The molecule has 6 heteroatoms. The van der Waals surface area contributed by atoms with Crippen LogP contribution < -0.4 is 16.4 Å². The van der Waals surface area contributed by atoms with E-state index < -0.39 is 17.5 Å². The summed E-state index contributed by atoms with van der Waals surface area (Å²) in [5.41, 5.74) is 5.67. The Bertz CT molecular complexity index is 554. The number of primary amides is 1. The summed E-state index contributed by atoms with van der Waals surface area (Å²) in [6.45, 7) is 1.87. The lowest BCUT2D eigenvalue weighted by atomic mass is 9.97. The summed E-state index contributed by atoms with van der Waals surface area (Å²) in [5.74, 6) is -0.810. The highest BCUT2D eigenvalue weighted by molar-refractivity contribution is 5.90. The van der Waals surface area contributed by atoms with E-state index in [1.54, 1.807) is 19.1 Å². The fourth-order valence-corrected chi connectivity index (χ4v) is 2.60. The van der Waals surface area contributed by atoms with Crippen LogP contribution in [0.4, 0.5) is 9.18 Å². The van der Waals surface area contributed by atoms with Gasteiger partial charge < -0.3 is 16.4 Å². The molecule has 1 aromatic rings. The molecule has 0 aliphatic heterocycles. The summed E-state index contributed by atoms with van der Waals surface area (Å²) in [5, 5.41) is 5.30. The first-order chi connectivity index (χ1) is 9.93. The van der Waals surface area contributed by atoms with E-state index in [9.17, 15) is 14.0 Å². The lowest BCUT2D eigenvalue weighted by molar-refractivity contribution is -0.123. The Morgan fingerprint density at radius 2 is 2.00 bits per heavy atom. The lowest BCUT2D eigenvalue weighted by Gasteiger charge is -2.26. The summed E-state index contributed by atoms with van der Waals surface area (Å²) < 4.78 is 13.4. The van der Waals surface area contributed by atoms with Gasteiger partial charge in [-0.05, 0) is 37.0 Å². The number of hydrogen-bond donors (Lipinski definition) is 3. The average molecular weight is 293 g/mol. The topological polar surface area (TPSA) is 84.2 Å². The Kier molecular flexibility index (Phi) is 4.45. The van der Waals surface area contributed by atoms with Crippen molar-refractivity contribution in [1.82, 2.24) is 10.6 Å². The molecule has 1 fully saturated rings. The molecule has 0 aromatic heterocycles. The van der Waals surface area contributed by atoms with E-state index in [4.69, 9.17) is 5.73 Å². The minimum atomic E-state index is -0.942. The van der Waals surface area contributed by atoms with Crippen LogP contribution in [-0.2, 0) is 11.3 Å². The third-order valence-corrected chi connectivity index (χ3v) is 3.97. The number of benzene rings is 1. The smallest absolute Gasteiger partial charge is 0.315 e. The summed E-state index contributed by atoms with van der Waals surface area (Å²) in [6.07, 6.45) is 2.86. The number of nitrogens with one attached hydrogen (secondary N) is 2. The fraction of sp³-hybridized carbons (Fsp3) is 0.467. The number of amides is 3. The molecule has 114 valence electrons. The first-order valence-corrected chi connectivity index (χ1v) is 7.04. The second-order valence-electron chi connectivity index (χ2n) is 5.54. The maximum atomic E-state index is 13.4. The molecule has 1 aliphatic carbocycles. The van der Waals surface area contributed by atoms with Gasteiger partial charge in [0.15, 0.2) is 0 Å². The number of nitrogens with two attached hydrogens (primary N) is 1. The Balaban J connectivity index is 1.92. The highest BCUT2D eigenvalue weighted by atomic mass is 19.1. The van der Waals surface area contributed by atoms with E-state index in [1.165, 1.54) is 6.07 Å². The number of urea groups is 1. The molecule has 1 saturated carbocycles. The Morgan fingerprint density at radius 1 is 1.33 bits per heavy atom. The van der Waals surface area contributed by atoms with Crippen LogP contribution in [0, 0.1) is 12.7 Å². The highest BCUT2D eigenvalue weighted by Gasteiger charge is 2.40. The minimum absolute atomic E-state index is 0.192. The molecule has 0 spiro atoms. The number of halogens is 1. The van der Waals surface area contributed by atoms with Gasteiger partial charge in [-0.1, -0.05) is 25.0 Å². The molecule has 1 aromatic carbocycles. The molecule has 2 rings (SSSR count). The fourth-order valence-electron chi connectivity index (χ4n) is 2.60. The van der Waals surface area contributed by atoms with Crippen molar-refractivity contribution in [3.05, 3.63) is 35.1 Å². The SMILES string of the molecule is Cc1ccc(CNC(=O)NC2(C(N)=O)CCCC2)cc1F. The van der Waals surface area contributed by atoms with Crippen LogP contribution in [0.5, 0.6) is 0 Å². The van der Waals surface area contributed by atoms with Gasteiger partial charge in [0.25, 0.3) is 0 Å². The number of aryl methyl sites for hydroxylation is 1. The molecule has 1 aliphatic rings. The second kappa shape index (κ2) is 6.11. The Labute approximate surface area is 123 Å². The molecule has 3 amide bonds. The summed E-state index contributed by atoms with van der Waals surface area (Å²) in [7, 11) is 0. The van der Waals surface area contributed by atoms with E-state index in [0.29, 0.717) is 24.0 Å². The van der Waals surface area contributed by atoms with Gasteiger partial charge in [-0.15, -0.1) is 0 Å². The minimum Gasteiger partial charge on any atom is -0.368 e. The molecule has 4 N–H and O–H groups in total. The molecule has 21 heavy (non-hydrogen) atoms. The van der Waals surface area contributed by atoms with E-state index in [0.717, 1.165) is 12.8 Å². The molecule has 0 heterocycles. The third kappa shape index (κ3) is 3.51. The Morgan fingerprint density at radius 3 is 2.57 bits per heavy atom. The molecule has 0 atom stereocenters. The van der Waals surface area contributed by atoms with Crippen molar-refractivity contribution in [3.8, 4) is 0 Å². The van der Waals surface area contributed by atoms with Crippen molar-refractivity contribution in [2.75, 3.05) is 0 Å². The molecular weight excluding hydrogens is 273 g/mol. The summed E-state index contributed by atoms with van der Waals surface area (Å²) >= 11 is 0. The normalized spacial score (nSPS) is 16.5. The van der Waals surface area contributed by atoms with Crippen molar-refractivity contribution in [2.24, 2.45) is 5.73 Å². The predicted octanol–water partition coefficient (Wildman–Crippen LogP) is 1.73. The van der Waals surface area contributed by atoms with Crippen LogP contribution in [0.2, 0.25) is 0 Å². The standard InChI is InChI=1S/C15H20FN3O2/c1-10-4-5-11(8-12(10)16)9-18-14(21)19-15(13(17)20)6-2-3-7-15/h4-5,8H,2-3,6-7,9H2,1H3,(H2,17,20)(H2,18,19,21). The average Bonchev–Trinajstić information content (AvgIpc) is 2.90. The van der Waals surface area contributed by atoms with Crippen LogP contribution in [0.25, 0.3) is 0 Å². The van der Waals surface area contributed by atoms with Gasteiger partial charge in [0.1, 0.15) is 11.4 Å². The molecule has 0 bridgehead atoms. The van der Waals surface area contributed by atoms with E-state index in [-0.39, 0.29) is 12.4 Å². The Hall–Kier alpha value is -2.11. The van der Waals surface area contributed by atoms with Crippen molar-refractivity contribution in [1.29, 1.82) is 0 Å². The highest BCUT2D eigenvalue weighted by Crippen LogP contribution is 2.29. The van der Waals surface area contributed by atoms with Gasteiger partial charge in [-0.25, -0.2) is 9.18 Å². The largest absolute Gasteiger partial charge is 0.368 e. The first kappa shape index (κ1) is 15.3. The quantitative estimate of drug-likeness (QED) is 0.790. The number of rotatable bonds is 4. The molecule has 0 saturated heterocycles. The van der Waals surface area contributed by atoms with Crippen molar-refractivity contribution in [2.45, 2.75) is 44.7 Å². The summed E-state index contributed by atoms with van der Waals surface area (Å²) in [6, 6.07) is 4.33. The zero-order valence-electron chi connectivity index (χ0n) is 12.0. The van der Waals surface area contributed by atoms with Crippen LogP contribution >= 0.6 is 0 Å². The van der Waals surface area contributed by atoms with Gasteiger partial charge in [-0.3, -0.25) is 4.79 Å². The maximum Gasteiger partial charge on any atom is 0.315 e. The van der Waals surface area contributed by atoms with Crippen molar-refractivity contribution in [3.63, 3.8) is 0 Å². The zero-order valence-corrected chi connectivity index (χ0v) is 12.0. The number of hydrogen-bond acceptors (Lipinski definition) is 2. The first-order valence-electron chi connectivity index (χ1n) is 7.04. The van der Waals surface area contributed by atoms with Crippen LogP contribution in [-0.4, -0.2) is 17.5 Å². The van der Waals surface area contributed by atoms with Crippen molar-refractivity contribution < 1.29 is 14.0 Å². The number of carbonyl (C=O) groups is 2. The van der Waals surface area contributed by atoms with Gasteiger partial charge >= 0.3 is 6.03 Å². The van der Waals surface area contributed by atoms with E-state index >= 15 is 0 Å². The molecular formula is C15H20FN3O2. The number of carbonyl (C=O) groups excluding carboxylic acids is 2. The lowest BCUT2D eigenvalue weighted by Crippen LogP contribution is -2.57. The van der Waals surface area contributed by atoms with E-state index in [1.807, 2.05) is 0 Å². The second-order valence-corrected chi connectivity index (χ2v) is 5.54. The van der Waals surface area contributed by atoms with Crippen molar-refractivity contribution >= 4 is 11.9 Å². The van der Waals surface area contributed by atoms with Crippen LogP contribution in [0.15, 0.2) is 18.2 Å².